The van der Waals surface area contributed by atoms with Crippen LogP contribution in [0.4, 0.5) is 4.79 Å². The summed E-state index contributed by atoms with van der Waals surface area (Å²) in [5.41, 5.74) is 0.123. The van der Waals surface area contributed by atoms with Crippen LogP contribution >= 0.6 is 11.8 Å². The highest BCUT2D eigenvalue weighted by Gasteiger charge is 2.40. The van der Waals surface area contributed by atoms with Gasteiger partial charge in [0.15, 0.2) is 0 Å². The molecular weight excluding hydrogens is 322 g/mol. The predicted octanol–water partition coefficient (Wildman–Crippen LogP) is 2.71. The third kappa shape index (κ3) is 5.81. The van der Waals surface area contributed by atoms with E-state index in [1.807, 2.05) is 11.8 Å². The Labute approximate surface area is 151 Å². The molecule has 140 valence electrons. The van der Waals surface area contributed by atoms with Crippen LogP contribution < -0.4 is 10.6 Å². The number of hydrogen-bond donors (Lipinski definition) is 2. The van der Waals surface area contributed by atoms with E-state index in [1.165, 1.54) is 25.0 Å². The molecule has 2 aliphatic rings. The second kappa shape index (κ2) is 10.5. The van der Waals surface area contributed by atoms with Gasteiger partial charge in [-0.05, 0) is 24.5 Å². The summed E-state index contributed by atoms with van der Waals surface area (Å²) in [4.78, 5) is 14.8. The summed E-state index contributed by atoms with van der Waals surface area (Å²) in [7, 11) is 0. The van der Waals surface area contributed by atoms with Crippen LogP contribution in [0.2, 0.25) is 0 Å². The number of thioether (sulfide) groups is 1. The fourth-order valence-electron chi connectivity index (χ4n) is 3.62. The minimum absolute atomic E-state index is 0.00511. The molecule has 24 heavy (non-hydrogen) atoms. The zero-order chi connectivity index (χ0) is 17.3. The van der Waals surface area contributed by atoms with Gasteiger partial charge < -0.3 is 15.4 Å². The first kappa shape index (κ1) is 19.9. The third-order valence-corrected chi connectivity index (χ3v) is 6.67. The molecule has 0 aromatic rings. The molecule has 0 bridgehead atoms. The van der Waals surface area contributed by atoms with Crippen LogP contribution in [0.25, 0.3) is 0 Å². The topological polar surface area (TPSA) is 53.6 Å². The molecule has 0 aromatic heterocycles. The van der Waals surface area contributed by atoms with Gasteiger partial charge in [0.2, 0.25) is 0 Å². The molecule has 2 atom stereocenters. The average molecular weight is 358 g/mol. The highest BCUT2D eigenvalue weighted by atomic mass is 32.2. The Morgan fingerprint density at radius 2 is 2.08 bits per heavy atom. The molecule has 5 nitrogen and oxygen atoms in total. The average Bonchev–Trinajstić information content (AvgIpc) is 3.11. The molecule has 0 spiro atoms. The largest absolute Gasteiger partial charge is 0.379 e. The number of carbonyl (C=O) groups is 1. The third-order valence-electron chi connectivity index (χ3n) is 5.44. The summed E-state index contributed by atoms with van der Waals surface area (Å²) in [5.74, 6) is 2.91. The van der Waals surface area contributed by atoms with E-state index in [1.54, 1.807) is 0 Å². The second-order valence-electron chi connectivity index (χ2n) is 7.11. The Hall–Kier alpha value is -0.460. The van der Waals surface area contributed by atoms with Gasteiger partial charge >= 0.3 is 6.03 Å². The van der Waals surface area contributed by atoms with Crippen molar-refractivity contribution in [1.29, 1.82) is 0 Å². The quantitative estimate of drug-likeness (QED) is 0.666. The Morgan fingerprint density at radius 3 is 2.71 bits per heavy atom. The molecule has 2 heterocycles. The highest BCUT2D eigenvalue weighted by Crippen LogP contribution is 2.33. The Morgan fingerprint density at radius 1 is 1.29 bits per heavy atom. The first-order valence-corrected chi connectivity index (χ1v) is 10.8. The van der Waals surface area contributed by atoms with Crippen LogP contribution in [0.5, 0.6) is 0 Å². The normalized spacial score (nSPS) is 26.2. The maximum Gasteiger partial charge on any atom is 0.314 e. The zero-order valence-electron chi connectivity index (χ0n) is 15.4. The Bertz CT molecular complexity index is 369. The lowest BCUT2D eigenvalue weighted by atomic mass is 9.95. The molecule has 0 aromatic carbocycles. The van der Waals surface area contributed by atoms with E-state index in [2.05, 4.69) is 29.4 Å². The minimum atomic E-state index is -0.00511. The molecule has 2 unspecified atom stereocenters. The first-order chi connectivity index (χ1) is 11.7. The Balaban J connectivity index is 1.76. The van der Waals surface area contributed by atoms with Crippen molar-refractivity contribution in [3.63, 3.8) is 0 Å². The monoisotopic (exact) mass is 357 g/mol. The lowest BCUT2D eigenvalue weighted by molar-refractivity contribution is -0.0124. The molecule has 2 fully saturated rings. The van der Waals surface area contributed by atoms with Crippen LogP contribution in [-0.4, -0.2) is 67.4 Å². The summed E-state index contributed by atoms with van der Waals surface area (Å²) in [6.07, 6.45) is 5.98. The maximum absolute atomic E-state index is 12.2. The number of morpholine rings is 1. The minimum Gasteiger partial charge on any atom is -0.379 e. The van der Waals surface area contributed by atoms with Crippen LogP contribution in [0.15, 0.2) is 0 Å². The molecule has 0 saturated carbocycles. The number of hydrogen-bond acceptors (Lipinski definition) is 4. The van der Waals surface area contributed by atoms with Gasteiger partial charge in [0.1, 0.15) is 0 Å². The summed E-state index contributed by atoms with van der Waals surface area (Å²) < 4.78 is 5.49. The number of unbranched alkanes of at least 4 members (excludes halogenated alkanes) is 1. The highest BCUT2D eigenvalue weighted by molar-refractivity contribution is 7.99. The number of urea groups is 1. The van der Waals surface area contributed by atoms with Crippen molar-refractivity contribution >= 4 is 17.8 Å². The number of nitrogens with one attached hydrogen (secondary N) is 2. The predicted molar refractivity (Wildman–Crippen MR) is 102 cm³/mol. The number of ether oxygens (including phenoxy) is 1. The summed E-state index contributed by atoms with van der Waals surface area (Å²) in [5, 5.41) is 6.24. The van der Waals surface area contributed by atoms with Crippen LogP contribution in [0.3, 0.4) is 0 Å². The van der Waals surface area contributed by atoms with E-state index < -0.39 is 0 Å². The van der Waals surface area contributed by atoms with E-state index in [-0.39, 0.29) is 11.6 Å². The molecule has 2 saturated heterocycles. The van der Waals surface area contributed by atoms with Crippen molar-refractivity contribution in [1.82, 2.24) is 15.5 Å². The number of carbonyl (C=O) groups excluding carboxylic acids is 1. The molecule has 6 heteroatoms. The Kier molecular flexibility index (Phi) is 8.70. The molecular formula is C18H35N3O2S. The second-order valence-corrected chi connectivity index (χ2v) is 8.21. The van der Waals surface area contributed by atoms with Crippen molar-refractivity contribution in [2.24, 2.45) is 5.92 Å². The number of rotatable bonds is 9. The fourth-order valence-corrected chi connectivity index (χ4v) is 5.10. The SMILES string of the molecule is CCCCC(CC)CNC(=O)NCC1(N2CCOCC2)CCSC1. The molecule has 2 rings (SSSR count). The fraction of sp³-hybridized carbons (Fsp3) is 0.944. The molecule has 2 N–H and O–H groups in total. The van der Waals surface area contributed by atoms with Crippen LogP contribution in [-0.2, 0) is 4.74 Å². The lowest BCUT2D eigenvalue weighted by Gasteiger charge is -2.43. The van der Waals surface area contributed by atoms with Crippen LogP contribution in [0.1, 0.15) is 46.0 Å². The molecule has 0 aliphatic carbocycles. The van der Waals surface area contributed by atoms with Crippen LogP contribution in [0, 0.1) is 5.92 Å². The van der Waals surface area contributed by atoms with Gasteiger partial charge in [-0.1, -0.05) is 33.1 Å². The molecule has 2 amide bonds. The zero-order valence-corrected chi connectivity index (χ0v) is 16.3. The lowest BCUT2D eigenvalue weighted by Crippen LogP contribution is -2.60. The standard InChI is InChI=1S/C18H35N3O2S/c1-3-5-6-16(4-2)13-19-17(22)20-14-18(7-12-24-15-18)21-8-10-23-11-9-21/h16H,3-15H2,1-2H3,(H2,19,20,22). The first-order valence-electron chi connectivity index (χ1n) is 9.62. The van der Waals surface area contributed by atoms with Crippen molar-refractivity contribution in [2.75, 3.05) is 50.9 Å². The molecule has 2 aliphatic heterocycles. The summed E-state index contributed by atoms with van der Waals surface area (Å²) in [6.45, 7) is 9.57. The van der Waals surface area contributed by atoms with Gasteiger partial charge in [0, 0.05) is 37.5 Å². The van der Waals surface area contributed by atoms with E-state index in [0.29, 0.717) is 5.92 Å². The van der Waals surface area contributed by atoms with E-state index in [4.69, 9.17) is 4.74 Å². The van der Waals surface area contributed by atoms with E-state index >= 15 is 0 Å². The number of nitrogens with zero attached hydrogens (tertiary/aromatic N) is 1. The smallest absolute Gasteiger partial charge is 0.314 e. The van der Waals surface area contributed by atoms with Gasteiger partial charge in [-0.2, -0.15) is 11.8 Å². The maximum atomic E-state index is 12.2. The van der Waals surface area contributed by atoms with E-state index in [9.17, 15) is 4.79 Å². The van der Waals surface area contributed by atoms with Crippen molar-refractivity contribution in [2.45, 2.75) is 51.5 Å². The van der Waals surface area contributed by atoms with Crippen molar-refractivity contribution < 1.29 is 9.53 Å². The van der Waals surface area contributed by atoms with Gasteiger partial charge in [-0.3, -0.25) is 4.90 Å². The summed E-state index contributed by atoms with van der Waals surface area (Å²) in [6, 6.07) is -0.00511. The van der Waals surface area contributed by atoms with Gasteiger partial charge in [-0.15, -0.1) is 0 Å². The van der Waals surface area contributed by atoms with Crippen molar-refractivity contribution in [3.05, 3.63) is 0 Å². The summed E-state index contributed by atoms with van der Waals surface area (Å²) >= 11 is 2.00. The molecule has 0 radical (unpaired) electrons. The van der Waals surface area contributed by atoms with Crippen molar-refractivity contribution in [3.8, 4) is 0 Å². The number of amides is 2. The van der Waals surface area contributed by atoms with E-state index in [0.717, 1.165) is 58.0 Å². The van der Waals surface area contributed by atoms with Gasteiger partial charge in [-0.25, -0.2) is 4.79 Å². The van der Waals surface area contributed by atoms with Gasteiger partial charge in [0.05, 0.1) is 13.2 Å². The van der Waals surface area contributed by atoms with Gasteiger partial charge in [0.25, 0.3) is 0 Å².